The molecule has 1 amide bonds. The Hall–Kier alpha value is -2.32. The second-order valence-corrected chi connectivity index (χ2v) is 8.36. The molecule has 0 radical (unpaired) electrons. The third-order valence-corrected chi connectivity index (χ3v) is 6.34. The van der Waals surface area contributed by atoms with Crippen molar-refractivity contribution in [1.82, 2.24) is 8.75 Å². The van der Waals surface area contributed by atoms with Crippen LogP contribution in [-0.2, 0) is 14.6 Å². The SMILES string of the molecule is Cc1cccc(NC(=O)CCS(=O)(=O)c2cccc3nsnc23)c1C. The molecular weight excluding hydrogens is 358 g/mol. The molecule has 0 fully saturated rings. The van der Waals surface area contributed by atoms with E-state index in [0.29, 0.717) is 16.7 Å². The number of amides is 1. The zero-order chi connectivity index (χ0) is 18.0. The number of anilines is 1. The van der Waals surface area contributed by atoms with Gasteiger partial charge in [-0.05, 0) is 43.2 Å². The van der Waals surface area contributed by atoms with E-state index in [2.05, 4.69) is 14.1 Å². The van der Waals surface area contributed by atoms with Crippen molar-refractivity contribution in [3.8, 4) is 0 Å². The van der Waals surface area contributed by atoms with E-state index in [9.17, 15) is 13.2 Å². The van der Waals surface area contributed by atoms with Gasteiger partial charge in [-0.2, -0.15) is 8.75 Å². The second kappa shape index (κ2) is 6.89. The molecule has 0 saturated carbocycles. The number of hydrogen-bond donors (Lipinski definition) is 1. The normalized spacial score (nSPS) is 11.6. The van der Waals surface area contributed by atoms with Crippen LogP contribution >= 0.6 is 11.7 Å². The molecule has 0 atom stereocenters. The highest BCUT2D eigenvalue weighted by atomic mass is 32.2. The lowest BCUT2D eigenvalue weighted by Gasteiger charge is -2.10. The Balaban J connectivity index is 1.73. The van der Waals surface area contributed by atoms with Gasteiger partial charge < -0.3 is 5.32 Å². The summed E-state index contributed by atoms with van der Waals surface area (Å²) in [6.45, 7) is 3.87. The number of carbonyl (C=O) groups is 1. The van der Waals surface area contributed by atoms with Gasteiger partial charge in [0.25, 0.3) is 0 Å². The van der Waals surface area contributed by atoms with E-state index in [4.69, 9.17) is 0 Å². The number of fused-ring (bicyclic) bond motifs is 1. The van der Waals surface area contributed by atoms with Crippen LogP contribution in [0.1, 0.15) is 17.5 Å². The molecule has 0 saturated heterocycles. The number of benzene rings is 2. The maximum atomic E-state index is 12.6. The molecule has 1 N–H and O–H groups in total. The second-order valence-electron chi connectivity index (χ2n) is 5.75. The summed E-state index contributed by atoms with van der Waals surface area (Å²) in [7, 11) is -3.62. The third kappa shape index (κ3) is 3.69. The van der Waals surface area contributed by atoms with Crippen LogP contribution in [0.4, 0.5) is 5.69 Å². The number of hydrogen-bond acceptors (Lipinski definition) is 6. The highest BCUT2D eigenvalue weighted by molar-refractivity contribution is 7.91. The minimum absolute atomic E-state index is 0.121. The van der Waals surface area contributed by atoms with E-state index in [1.54, 1.807) is 18.2 Å². The van der Waals surface area contributed by atoms with Crippen molar-refractivity contribution in [2.45, 2.75) is 25.2 Å². The number of sulfone groups is 1. The fourth-order valence-corrected chi connectivity index (χ4v) is 4.48. The molecule has 8 heteroatoms. The Morgan fingerprint density at radius 3 is 2.68 bits per heavy atom. The van der Waals surface area contributed by atoms with Crippen molar-refractivity contribution in [3.05, 3.63) is 47.5 Å². The minimum atomic E-state index is -3.62. The predicted molar refractivity (Wildman–Crippen MR) is 98.6 cm³/mol. The molecule has 1 heterocycles. The average Bonchev–Trinajstić information content (AvgIpc) is 3.06. The largest absolute Gasteiger partial charge is 0.326 e. The molecule has 0 bridgehead atoms. The maximum absolute atomic E-state index is 12.6. The van der Waals surface area contributed by atoms with E-state index in [1.807, 2.05) is 26.0 Å². The van der Waals surface area contributed by atoms with Crippen molar-refractivity contribution in [1.29, 1.82) is 0 Å². The van der Waals surface area contributed by atoms with Gasteiger partial charge in [-0.1, -0.05) is 18.2 Å². The molecule has 0 aliphatic rings. The van der Waals surface area contributed by atoms with Crippen molar-refractivity contribution in [2.24, 2.45) is 0 Å². The van der Waals surface area contributed by atoms with Crippen LogP contribution in [0.5, 0.6) is 0 Å². The van der Waals surface area contributed by atoms with Gasteiger partial charge in [-0.3, -0.25) is 4.79 Å². The van der Waals surface area contributed by atoms with Crippen molar-refractivity contribution >= 4 is 44.2 Å². The summed E-state index contributed by atoms with van der Waals surface area (Å²) in [5, 5.41) is 2.78. The summed E-state index contributed by atoms with van der Waals surface area (Å²) in [6, 6.07) is 10.5. The van der Waals surface area contributed by atoms with Gasteiger partial charge in [-0.25, -0.2) is 8.42 Å². The summed E-state index contributed by atoms with van der Waals surface area (Å²) in [5.74, 6) is -0.610. The summed E-state index contributed by atoms with van der Waals surface area (Å²) in [4.78, 5) is 12.3. The van der Waals surface area contributed by atoms with E-state index < -0.39 is 9.84 Å². The van der Waals surface area contributed by atoms with Gasteiger partial charge in [0.2, 0.25) is 5.91 Å². The third-order valence-electron chi connectivity index (χ3n) is 4.06. The average molecular weight is 375 g/mol. The summed E-state index contributed by atoms with van der Waals surface area (Å²) < 4.78 is 33.3. The summed E-state index contributed by atoms with van der Waals surface area (Å²) >= 11 is 0.969. The Kier molecular flexibility index (Phi) is 4.82. The number of rotatable bonds is 5. The quantitative estimate of drug-likeness (QED) is 0.740. The fourth-order valence-electron chi connectivity index (χ4n) is 2.47. The molecule has 0 aliphatic carbocycles. The lowest BCUT2D eigenvalue weighted by atomic mass is 10.1. The van der Waals surface area contributed by atoms with Crippen LogP contribution in [0.25, 0.3) is 11.0 Å². The van der Waals surface area contributed by atoms with Crippen molar-refractivity contribution in [3.63, 3.8) is 0 Å². The smallest absolute Gasteiger partial charge is 0.225 e. The van der Waals surface area contributed by atoms with Gasteiger partial charge in [0, 0.05) is 12.1 Å². The molecule has 3 aromatic rings. The van der Waals surface area contributed by atoms with Crippen molar-refractivity contribution in [2.75, 3.05) is 11.1 Å². The monoisotopic (exact) mass is 375 g/mol. The highest BCUT2D eigenvalue weighted by Gasteiger charge is 2.21. The molecule has 6 nitrogen and oxygen atoms in total. The van der Waals surface area contributed by atoms with Gasteiger partial charge in [-0.15, -0.1) is 0 Å². The van der Waals surface area contributed by atoms with Crippen LogP contribution < -0.4 is 5.32 Å². The van der Waals surface area contributed by atoms with Crippen LogP contribution in [-0.4, -0.2) is 28.8 Å². The Morgan fingerprint density at radius 1 is 1.12 bits per heavy atom. The predicted octanol–water partition coefficient (Wildman–Crippen LogP) is 3.11. The van der Waals surface area contributed by atoms with E-state index >= 15 is 0 Å². The van der Waals surface area contributed by atoms with Crippen LogP contribution in [0.15, 0.2) is 41.3 Å². The molecule has 0 aliphatic heterocycles. The van der Waals surface area contributed by atoms with Crippen molar-refractivity contribution < 1.29 is 13.2 Å². The van der Waals surface area contributed by atoms with Crippen LogP contribution in [0, 0.1) is 13.8 Å². The van der Waals surface area contributed by atoms with Gasteiger partial charge in [0.05, 0.1) is 22.4 Å². The fraction of sp³-hybridized carbons (Fsp3) is 0.235. The zero-order valence-corrected chi connectivity index (χ0v) is 15.4. The topological polar surface area (TPSA) is 89.0 Å². The molecule has 25 heavy (non-hydrogen) atoms. The number of aromatic nitrogens is 2. The Morgan fingerprint density at radius 2 is 1.88 bits per heavy atom. The van der Waals surface area contributed by atoms with Gasteiger partial charge in [0.15, 0.2) is 9.84 Å². The lowest BCUT2D eigenvalue weighted by molar-refractivity contribution is -0.115. The standard InChI is InChI=1S/C17H17N3O3S2/c1-11-5-3-6-13(12(11)2)18-16(21)9-10-25(22,23)15-8-4-7-14-17(15)20-24-19-14/h3-8H,9-10H2,1-2H3,(H,18,21). The first-order chi connectivity index (χ1) is 11.9. The van der Waals surface area contributed by atoms with E-state index in [-0.39, 0.29) is 23.0 Å². The molecule has 2 aromatic carbocycles. The van der Waals surface area contributed by atoms with Crippen LogP contribution in [0.2, 0.25) is 0 Å². The first kappa shape index (κ1) is 17.5. The van der Waals surface area contributed by atoms with Gasteiger partial charge in [0.1, 0.15) is 11.0 Å². The van der Waals surface area contributed by atoms with E-state index in [0.717, 1.165) is 22.9 Å². The highest BCUT2D eigenvalue weighted by Crippen LogP contribution is 2.23. The Bertz CT molecular complexity index is 1040. The number of carbonyl (C=O) groups excluding carboxylic acids is 1. The number of aryl methyl sites for hydroxylation is 1. The summed E-state index contributed by atoms with van der Waals surface area (Å²) in [5.41, 5.74) is 3.65. The summed E-state index contributed by atoms with van der Waals surface area (Å²) in [6.07, 6.45) is -0.121. The Labute approximate surface area is 150 Å². The molecule has 0 unspecified atom stereocenters. The minimum Gasteiger partial charge on any atom is -0.326 e. The first-order valence-corrected chi connectivity index (χ1v) is 10.1. The zero-order valence-electron chi connectivity index (χ0n) is 13.8. The molecule has 3 rings (SSSR count). The number of nitrogens with zero attached hydrogens (tertiary/aromatic N) is 2. The molecular formula is C17H17N3O3S2. The van der Waals surface area contributed by atoms with Crippen LogP contribution in [0.3, 0.4) is 0 Å². The lowest BCUT2D eigenvalue weighted by Crippen LogP contribution is -2.18. The number of nitrogens with one attached hydrogen (secondary N) is 1. The molecule has 0 spiro atoms. The van der Waals surface area contributed by atoms with Gasteiger partial charge >= 0.3 is 0 Å². The maximum Gasteiger partial charge on any atom is 0.225 e. The molecule has 1 aromatic heterocycles. The first-order valence-electron chi connectivity index (χ1n) is 7.68. The van der Waals surface area contributed by atoms with E-state index in [1.165, 1.54) is 6.07 Å². The molecule has 130 valence electrons.